The molecule has 0 aromatic carbocycles. The van der Waals surface area contributed by atoms with Crippen molar-refractivity contribution in [3.8, 4) is 0 Å². The molecule has 1 saturated heterocycles. The summed E-state index contributed by atoms with van der Waals surface area (Å²) >= 11 is 0. The van der Waals surface area contributed by atoms with Crippen LogP contribution in [0.15, 0.2) is 6.20 Å². The van der Waals surface area contributed by atoms with E-state index in [2.05, 4.69) is 20.9 Å². The Bertz CT molecular complexity index is 579. The van der Waals surface area contributed by atoms with E-state index < -0.39 is 5.54 Å². The van der Waals surface area contributed by atoms with E-state index in [1.165, 1.54) is 7.11 Å². The molecule has 8 nitrogen and oxygen atoms in total. The molecular weight excluding hydrogens is 334 g/mol. The van der Waals surface area contributed by atoms with Gasteiger partial charge in [0.05, 0.1) is 19.3 Å². The Morgan fingerprint density at radius 1 is 1.33 bits per heavy atom. The molecule has 24 heavy (non-hydrogen) atoms. The van der Waals surface area contributed by atoms with Gasteiger partial charge in [0.2, 0.25) is 0 Å². The number of hydrogen-bond acceptors (Lipinski definition) is 6. The third-order valence-electron chi connectivity index (χ3n) is 4.81. The summed E-state index contributed by atoms with van der Waals surface area (Å²) < 4.78 is 6.63. The quantitative estimate of drug-likeness (QED) is 0.775. The molecule has 1 saturated carbocycles. The van der Waals surface area contributed by atoms with Gasteiger partial charge in [0, 0.05) is 0 Å². The summed E-state index contributed by atoms with van der Waals surface area (Å²) in [5, 5.41) is 14.2. The van der Waals surface area contributed by atoms with Crippen LogP contribution >= 0.6 is 12.4 Å². The second-order valence-corrected chi connectivity index (χ2v) is 6.30. The fourth-order valence-corrected chi connectivity index (χ4v) is 3.47. The van der Waals surface area contributed by atoms with Crippen LogP contribution in [0.5, 0.6) is 0 Å². The van der Waals surface area contributed by atoms with Gasteiger partial charge in [-0.05, 0) is 38.8 Å². The fraction of sp³-hybridized carbons (Fsp3) is 0.733. The lowest BCUT2D eigenvalue weighted by Crippen LogP contribution is -2.53. The minimum absolute atomic E-state index is 0. The Morgan fingerprint density at radius 3 is 2.62 bits per heavy atom. The highest BCUT2D eigenvalue weighted by molar-refractivity contribution is 5.96. The Balaban J connectivity index is 0.00000208. The molecule has 0 unspecified atom stereocenters. The van der Waals surface area contributed by atoms with Crippen LogP contribution in [-0.4, -0.2) is 52.6 Å². The first-order chi connectivity index (χ1) is 11.1. The van der Waals surface area contributed by atoms with E-state index in [9.17, 15) is 9.59 Å². The minimum Gasteiger partial charge on any atom is -0.467 e. The Hall–Kier alpha value is -1.67. The number of ether oxygens (including phenoxy) is 1. The van der Waals surface area contributed by atoms with Crippen LogP contribution < -0.4 is 10.6 Å². The van der Waals surface area contributed by atoms with Crippen molar-refractivity contribution >= 4 is 24.3 Å². The van der Waals surface area contributed by atoms with Crippen LogP contribution in [0.4, 0.5) is 0 Å². The highest BCUT2D eigenvalue weighted by Gasteiger charge is 2.44. The molecule has 9 heteroatoms. The van der Waals surface area contributed by atoms with Crippen molar-refractivity contribution < 1.29 is 14.3 Å². The summed E-state index contributed by atoms with van der Waals surface area (Å²) in [4.78, 5) is 24.5. The van der Waals surface area contributed by atoms with Crippen LogP contribution in [-0.2, 0) is 9.53 Å². The van der Waals surface area contributed by atoms with Gasteiger partial charge >= 0.3 is 5.97 Å². The van der Waals surface area contributed by atoms with Crippen molar-refractivity contribution in [2.45, 2.75) is 50.1 Å². The van der Waals surface area contributed by atoms with E-state index in [0.29, 0.717) is 12.8 Å². The lowest BCUT2D eigenvalue weighted by atomic mass is 9.97. The second kappa shape index (κ2) is 7.94. The zero-order chi connectivity index (χ0) is 16.3. The van der Waals surface area contributed by atoms with Crippen molar-refractivity contribution in [1.82, 2.24) is 25.6 Å². The maximum Gasteiger partial charge on any atom is 0.331 e. The predicted octanol–water partition coefficient (Wildman–Crippen LogP) is 0.840. The van der Waals surface area contributed by atoms with Crippen LogP contribution in [0.25, 0.3) is 0 Å². The third kappa shape index (κ3) is 3.70. The molecule has 0 bridgehead atoms. The van der Waals surface area contributed by atoms with E-state index in [0.717, 1.165) is 38.8 Å². The van der Waals surface area contributed by atoms with E-state index in [1.54, 1.807) is 10.9 Å². The van der Waals surface area contributed by atoms with Gasteiger partial charge in [-0.15, -0.1) is 17.5 Å². The number of nitrogens with one attached hydrogen (secondary N) is 2. The molecule has 1 amide bonds. The van der Waals surface area contributed by atoms with Crippen molar-refractivity contribution in [3.63, 3.8) is 0 Å². The molecular formula is C15H24ClN5O3. The molecule has 1 aromatic heterocycles. The molecule has 2 fully saturated rings. The van der Waals surface area contributed by atoms with Gasteiger partial charge in [0.25, 0.3) is 5.91 Å². The van der Waals surface area contributed by atoms with Gasteiger partial charge in [-0.1, -0.05) is 18.1 Å². The van der Waals surface area contributed by atoms with Gasteiger partial charge in [0.1, 0.15) is 5.54 Å². The molecule has 1 aromatic rings. The lowest BCUT2D eigenvalue weighted by molar-refractivity contribution is -0.148. The number of rotatable bonds is 4. The van der Waals surface area contributed by atoms with Gasteiger partial charge in [-0.25, -0.2) is 9.48 Å². The molecule has 2 aliphatic rings. The Labute approximate surface area is 147 Å². The number of aromatic nitrogens is 3. The van der Waals surface area contributed by atoms with Gasteiger partial charge < -0.3 is 15.4 Å². The highest BCUT2D eigenvalue weighted by atomic mass is 35.5. The summed E-state index contributed by atoms with van der Waals surface area (Å²) in [5.74, 6) is -0.744. The van der Waals surface area contributed by atoms with Crippen LogP contribution in [0.1, 0.15) is 55.1 Å². The normalized spacial score (nSPS) is 20.2. The second-order valence-electron chi connectivity index (χ2n) is 6.30. The molecule has 0 radical (unpaired) electrons. The van der Waals surface area contributed by atoms with Crippen molar-refractivity contribution in [2.75, 3.05) is 20.2 Å². The summed E-state index contributed by atoms with van der Waals surface area (Å²) in [7, 11) is 1.35. The first-order valence-corrected chi connectivity index (χ1v) is 8.18. The molecule has 0 spiro atoms. The Morgan fingerprint density at radius 2 is 2.00 bits per heavy atom. The Kier molecular flexibility index (Phi) is 6.17. The number of esters is 1. The standard InChI is InChI=1S/C15H23N5O3.ClH/c1-23-14(22)15(6-2-3-7-15)17-13(21)12-10-20(19-18-12)11-4-8-16-9-5-11;/h10-11,16H,2-9H2,1H3,(H,17,21);1H. The maximum atomic E-state index is 12.5. The molecule has 134 valence electrons. The van der Waals surface area contributed by atoms with E-state index in [4.69, 9.17) is 4.74 Å². The smallest absolute Gasteiger partial charge is 0.331 e. The first kappa shape index (κ1) is 18.7. The fourth-order valence-electron chi connectivity index (χ4n) is 3.47. The van der Waals surface area contributed by atoms with E-state index in [1.807, 2.05) is 0 Å². The maximum absolute atomic E-state index is 12.5. The van der Waals surface area contributed by atoms with E-state index >= 15 is 0 Å². The van der Waals surface area contributed by atoms with E-state index in [-0.39, 0.29) is 36.0 Å². The summed E-state index contributed by atoms with van der Waals surface area (Å²) in [5.41, 5.74) is -0.664. The summed E-state index contributed by atoms with van der Waals surface area (Å²) in [6, 6.07) is 0.270. The molecule has 2 N–H and O–H groups in total. The van der Waals surface area contributed by atoms with Crippen molar-refractivity contribution in [2.24, 2.45) is 0 Å². The number of halogens is 1. The summed E-state index contributed by atoms with van der Waals surface area (Å²) in [6.45, 7) is 1.88. The average molecular weight is 358 g/mol. The molecule has 1 aliphatic carbocycles. The minimum atomic E-state index is -0.912. The van der Waals surface area contributed by atoms with Gasteiger partial charge in [-0.3, -0.25) is 4.79 Å². The van der Waals surface area contributed by atoms with Gasteiger partial charge in [-0.2, -0.15) is 0 Å². The third-order valence-corrected chi connectivity index (χ3v) is 4.81. The summed E-state index contributed by atoms with van der Waals surface area (Å²) in [6.07, 6.45) is 6.62. The lowest BCUT2D eigenvalue weighted by Gasteiger charge is -2.26. The van der Waals surface area contributed by atoms with Crippen LogP contribution in [0.2, 0.25) is 0 Å². The number of piperidine rings is 1. The zero-order valence-corrected chi connectivity index (χ0v) is 14.6. The largest absolute Gasteiger partial charge is 0.467 e. The number of carbonyl (C=O) groups is 2. The first-order valence-electron chi connectivity index (χ1n) is 8.18. The molecule has 0 atom stereocenters. The predicted molar refractivity (Wildman–Crippen MR) is 89.1 cm³/mol. The molecule has 3 rings (SSSR count). The number of carbonyl (C=O) groups excluding carboxylic acids is 2. The van der Waals surface area contributed by atoms with Crippen molar-refractivity contribution in [1.29, 1.82) is 0 Å². The molecule has 1 aliphatic heterocycles. The monoisotopic (exact) mass is 357 g/mol. The molecule has 2 heterocycles. The SMILES string of the molecule is COC(=O)C1(NC(=O)c2cn(C3CCNCC3)nn2)CCCC1.Cl. The topological polar surface area (TPSA) is 98.1 Å². The van der Waals surface area contributed by atoms with Crippen LogP contribution in [0.3, 0.4) is 0 Å². The van der Waals surface area contributed by atoms with Crippen LogP contribution in [0, 0.1) is 0 Å². The van der Waals surface area contributed by atoms with Gasteiger partial charge in [0.15, 0.2) is 5.69 Å². The average Bonchev–Trinajstić information content (AvgIpc) is 3.25. The number of amides is 1. The number of nitrogens with zero attached hydrogens (tertiary/aromatic N) is 3. The van der Waals surface area contributed by atoms with Crippen molar-refractivity contribution in [3.05, 3.63) is 11.9 Å². The number of methoxy groups -OCH3 is 1. The zero-order valence-electron chi connectivity index (χ0n) is 13.8. The highest BCUT2D eigenvalue weighted by Crippen LogP contribution is 2.31. The number of hydrogen-bond donors (Lipinski definition) is 2.